The zero-order valence-corrected chi connectivity index (χ0v) is 7.70. The van der Waals surface area contributed by atoms with Gasteiger partial charge in [0.05, 0.1) is 0 Å². The quantitative estimate of drug-likeness (QED) is 0.738. The summed E-state index contributed by atoms with van der Waals surface area (Å²) in [7, 11) is 2.04. The molecular weight excluding hydrogens is 162 g/mol. The first kappa shape index (κ1) is 8.32. The number of para-hydroxylation sites is 1. The van der Waals surface area contributed by atoms with Gasteiger partial charge in [-0.1, -0.05) is 18.2 Å². The molecule has 0 amide bonds. The van der Waals surface area contributed by atoms with Crippen LogP contribution in [0.1, 0.15) is 5.69 Å². The van der Waals surface area contributed by atoms with Gasteiger partial charge in [-0.15, -0.1) is 0 Å². The Morgan fingerprint density at radius 2 is 2.08 bits per heavy atom. The van der Waals surface area contributed by atoms with Gasteiger partial charge in [-0.2, -0.15) is 0 Å². The molecule has 1 N–H and O–H groups in total. The zero-order chi connectivity index (χ0) is 9.26. The van der Waals surface area contributed by atoms with Crippen molar-refractivity contribution in [2.24, 2.45) is 7.05 Å². The molecule has 0 aliphatic heterocycles. The molecular formula is C11H13NO. The third kappa shape index (κ3) is 1.33. The highest BCUT2D eigenvalue weighted by Gasteiger charge is 2.03. The van der Waals surface area contributed by atoms with E-state index in [1.165, 1.54) is 16.6 Å². The molecule has 2 aromatic rings. The monoisotopic (exact) mass is 175 g/mol. The minimum Gasteiger partial charge on any atom is -0.396 e. The van der Waals surface area contributed by atoms with E-state index in [9.17, 15) is 0 Å². The molecule has 0 fully saturated rings. The number of aliphatic hydroxyl groups excluding tert-OH is 1. The van der Waals surface area contributed by atoms with Gasteiger partial charge >= 0.3 is 0 Å². The average molecular weight is 175 g/mol. The highest BCUT2D eigenvalue weighted by atomic mass is 16.3. The Kier molecular flexibility index (Phi) is 2.07. The molecule has 2 nitrogen and oxygen atoms in total. The smallest absolute Gasteiger partial charge is 0.0485 e. The standard InChI is InChI=1S/C11H13NO/c1-12-10(6-7-13)8-9-4-2-3-5-11(9)12/h2-5,8,13H,6-7H2,1H3. The number of fused-ring (bicyclic) bond motifs is 1. The number of rotatable bonds is 2. The van der Waals surface area contributed by atoms with Gasteiger partial charge in [-0.25, -0.2) is 0 Å². The predicted octanol–water partition coefficient (Wildman–Crippen LogP) is 1.71. The van der Waals surface area contributed by atoms with E-state index in [0.717, 1.165) is 6.42 Å². The second kappa shape index (κ2) is 3.23. The number of aromatic nitrogens is 1. The Hall–Kier alpha value is -1.28. The summed E-state index contributed by atoms with van der Waals surface area (Å²) in [5, 5.41) is 10.1. The van der Waals surface area contributed by atoms with Gasteiger partial charge in [0, 0.05) is 31.3 Å². The highest BCUT2D eigenvalue weighted by molar-refractivity contribution is 5.81. The van der Waals surface area contributed by atoms with Crippen molar-refractivity contribution in [3.05, 3.63) is 36.0 Å². The first-order valence-corrected chi connectivity index (χ1v) is 4.47. The van der Waals surface area contributed by atoms with Crippen LogP contribution in [0.25, 0.3) is 10.9 Å². The third-order valence-corrected chi connectivity index (χ3v) is 2.42. The summed E-state index contributed by atoms with van der Waals surface area (Å²) < 4.78 is 2.13. The lowest BCUT2D eigenvalue weighted by atomic mass is 10.2. The molecule has 2 heteroatoms. The summed E-state index contributed by atoms with van der Waals surface area (Å²) in [6, 6.07) is 10.4. The molecule has 0 spiro atoms. The Balaban J connectivity index is 2.60. The number of hydrogen-bond acceptors (Lipinski definition) is 1. The lowest BCUT2D eigenvalue weighted by Gasteiger charge is -2.00. The van der Waals surface area contributed by atoms with E-state index in [1.54, 1.807) is 0 Å². The van der Waals surface area contributed by atoms with Gasteiger partial charge in [0.2, 0.25) is 0 Å². The van der Waals surface area contributed by atoms with Gasteiger partial charge in [0.15, 0.2) is 0 Å². The fourth-order valence-corrected chi connectivity index (χ4v) is 1.70. The van der Waals surface area contributed by atoms with Crippen LogP contribution in [-0.2, 0) is 13.5 Å². The van der Waals surface area contributed by atoms with Crippen LogP contribution in [0.15, 0.2) is 30.3 Å². The number of benzene rings is 1. The maximum Gasteiger partial charge on any atom is 0.0485 e. The van der Waals surface area contributed by atoms with Crippen LogP contribution in [0.2, 0.25) is 0 Å². The topological polar surface area (TPSA) is 25.2 Å². The maximum atomic E-state index is 8.86. The molecule has 0 atom stereocenters. The predicted molar refractivity (Wildman–Crippen MR) is 53.7 cm³/mol. The van der Waals surface area contributed by atoms with Gasteiger partial charge in [0.25, 0.3) is 0 Å². The van der Waals surface area contributed by atoms with Gasteiger partial charge in [-0.3, -0.25) is 0 Å². The molecule has 13 heavy (non-hydrogen) atoms. The number of hydrogen-bond donors (Lipinski definition) is 1. The molecule has 0 saturated carbocycles. The second-order valence-electron chi connectivity index (χ2n) is 3.23. The Labute approximate surface area is 77.4 Å². The van der Waals surface area contributed by atoms with E-state index >= 15 is 0 Å². The highest BCUT2D eigenvalue weighted by Crippen LogP contribution is 2.18. The summed E-state index contributed by atoms with van der Waals surface area (Å²) in [6.45, 7) is 0.212. The van der Waals surface area contributed by atoms with E-state index in [0.29, 0.717) is 0 Å². The van der Waals surface area contributed by atoms with E-state index < -0.39 is 0 Å². The minimum atomic E-state index is 0.212. The summed E-state index contributed by atoms with van der Waals surface area (Å²) in [4.78, 5) is 0. The molecule has 0 aliphatic rings. The fraction of sp³-hybridized carbons (Fsp3) is 0.273. The molecule has 0 bridgehead atoms. The van der Waals surface area contributed by atoms with Crippen LogP contribution in [0.5, 0.6) is 0 Å². The zero-order valence-electron chi connectivity index (χ0n) is 7.70. The second-order valence-corrected chi connectivity index (χ2v) is 3.23. The number of nitrogens with zero attached hydrogens (tertiary/aromatic N) is 1. The van der Waals surface area contributed by atoms with E-state index in [-0.39, 0.29) is 6.61 Å². The van der Waals surface area contributed by atoms with Crippen LogP contribution in [0.4, 0.5) is 0 Å². The molecule has 1 aromatic heterocycles. The lowest BCUT2D eigenvalue weighted by molar-refractivity contribution is 0.297. The van der Waals surface area contributed by atoms with Crippen molar-refractivity contribution in [2.75, 3.05) is 6.61 Å². The van der Waals surface area contributed by atoms with Crippen molar-refractivity contribution in [1.82, 2.24) is 4.57 Å². The van der Waals surface area contributed by atoms with Crippen LogP contribution in [0.3, 0.4) is 0 Å². The molecule has 68 valence electrons. The molecule has 0 aliphatic carbocycles. The molecule has 1 heterocycles. The van der Waals surface area contributed by atoms with Gasteiger partial charge < -0.3 is 9.67 Å². The van der Waals surface area contributed by atoms with Gasteiger partial charge in [-0.05, 0) is 17.5 Å². The maximum absolute atomic E-state index is 8.86. The summed E-state index contributed by atoms with van der Waals surface area (Å²) in [6.07, 6.45) is 0.727. The molecule has 0 saturated heterocycles. The van der Waals surface area contributed by atoms with Gasteiger partial charge in [0.1, 0.15) is 0 Å². The van der Waals surface area contributed by atoms with Crippen LogP contribution in [-0.4, -0.2) is 16.3 Å². The summed E-state index contributed by atoms with van der Waals surface area (Å²) in [5.41, 5.74) is 2.41. The Morgan fingerprint density at radius 3 is 2.77 bits per heavy atom. The van der Waals surface area contributed by atoms with Crippen LogP contribution < -0.4 is 0 Å². The summed E-state index contributed by atoms with van der Waals surface area (Å²) >= 11 is 0. The van der Waals surface area contributed by atoms with Crippen molar-refractivity contribution >= 4 is 10.9 Å². The van der Waals surface area contributed by atoms with E-state index in [2.05, 4.69) is 22.8 Å². The van der Waals surface area contributed by atoms with E-state index in [1.807, 2.05) is 19.2 Å². The summed E-state index contributed by atoms with van der Waals surface area (Å²) in [5.74, 6) is 0. The van der Waals surface area contributed by atoms with E-state index in [4.69, 9.17) is 5.11 Å². The molecule has 2 rings (SSSR count). The molecule has 0 unspecified atom stereocenters. The Bertz CT molecular complexity index is 417. The first-order valence-electron chi connectivity index (χ1n) is 4.47. The van der Waals surface area contributed by atoms with Crippen LogP contribution in [0, 0.1) is 0 Å². The first-order chi connectivity index (χ1) is 6.33. The minimum absolute atomic E-state index is 0.212. The van der Waals surface area contributed by atoms with Crippen molar-refractivity contribution in [2.45, 2.75) is 6.42 Å². The molecule has 1 aromatic carbocycles. The lowest BCUT2D eigenvalue weighted by Crippen LogP contribution is -1.98. The molecule has 0 radical (unpaired) electrons. The largest absolute Gasteiger partial charge is 0.396 e. The van der Waals surface area contributed by atoms with Crippen molar-refractivity contribution < 1.29 is 5.11 Å². The van der Waals surface area contributed by atoms with Crippen molar-refractivity contribution in [1.29, 1.82) is 0 Å². The normalized spacial score (nSPS) is 10.9. The SMILES string of the molecule is Cn1c(CCO)cc2ccccc21. The number of aryl methyl sites for hydroxylation is 1. The average Bonchev–Trinajstić information content (AvgIpc) is 2.46. The Morgan fingerprint density at radius 1 is 1.31 bits per heavy atom. The fourth-order valence-electron chi connectivity index (χ4n) is 1.70. The van der Waals surface area contributed by atoms with Crippen molar-refractivity contribution in [3.63, 3.8) is 0 Å². The third-order valence-electron chi connectivity index (χ3n) is 2.42. The van der Waals surface area contributed by atoms with Crippen LogP contribution >= 0.6 is 0 Å². The number of aliphatic hydroxyl groups is 1. The van der Waals surface area contributed by atoms with Crippen molar-refractivity contribution in [3.8, 4) is 0 Å².